The lowest BCUT2D eigenvalue weighted by atomic mass is 9.79. The van der Waals surface area contributed by atoms with E-state index in [2.05, 4.69) is 6.92 Å². The molecular weight excluding hydrogens is 520 g/mol. The van der Waals surface area contributed by atoms with Gasteiger partial charge in [0.15, 0.2) is 6.10 Å². The summed E-state index contributed by atoms with van der Waals surface area (Å²) in [6, 6.07) is 0. The third-order valence-corrected chi connectivity index (χ3v) is 7.86. The van der Waals surface area contributed by atoms with Crippen LogP contribution in [0.2, 0.25) is 0 Å². The Morgan fingerprint density at radius 2 is 1.18 bits per heavy atom. The molecule has 0 aromatic carbocycles. The van der Waals surface area contributed by atoms with Gasteiger partial charge in [0, 0.05) is 19.6 Å². The standard InChI is InChI=1S/C30H58O10/c1-3-4-5-6-7-8-9-10-11-12-13-14-15-16-17-18-19-38-21-23(37-2)22-39-30(36)40-29-26(33)24(20-31)25(32)27(34)28(29)35/h23-29,31-35H,3-22H2,1-2H3/t23-,24-,25?,26?,27?,28?,29?/m1/s1. The second-order valence-corrected chi connectivity index (χ2v) is 11.2. The Morgan fingerprint density at radius 1 is 0.675 bits per heavy atom. The van der Waals surface area contributed by atoms with Gasteiger partial charge in [-0.3, -0.25) is 0 Å². The minimum Gasteiger partial charge on any atom is -0.431 e. The van der Waals surface area contributed by atoms with E-state index in [4.69, 9.17) is 18.9 Å². The van der Waals surface area contributed by atoms with Crippen LogP contribution in [0.25, 0.3) is 0 Å². The average molecular weight is 579 g/mol. The monoisotopic (exact) mass is 578 g/mol. The summed E-state index contributed by atoms with van der Waals surface area (Å²) in [4.78, 5) is 12.1. The number of carbonyl (C=O) groups excluding carboxylic acids is 1. The van der Waals surface area contributed by atoms with Gasteiger partial charge in [-0.25, -0.2) is 4.79 Å². The van der Waals surface area contributed by atoms with Gasteiger partial charge in [0.05, 0.1) is 19.3 Å². The molecule has 0 aliphatic heterocycles. The van der Waals surface area contributed by atoms with Crippen molar-refractivity contribution in [3.63, 3.8) is 0 Å². The highest BCUT2D eigenvalue weighted by atomic mass is 16.7. The number of hydrogen-bond donors (Lipinski definition) is 5. The molecule has 0 amide bonds. The molecule has 1 saturated carbocycles. The Hall–Kier alpha value is -1.01. The van der Waals surface area contributed by atoms with Crippen molar-refractivity contribution in [2.24, 2.45) is 5.92 Å². The molecule has 1 fully saturated rings. The van der Waals surface area contributed by atoms with Gasteiger partial charge >= 0.3 is 6.16 Å². The van der Waals surface area contributed by atoms with Crippen LogP contribution in [0.5, 0.6) is 0 Å². The van der Waals surface area contributed by atoms with Crippen LogP contribution in [-0.2, 0) is 18.9 Å². The lowest BCUT2D eigenvalue weighted by molar-refractivity contribution is -0.214. The molecule has 40 heavy (non-hydrogen) atoms. The molecule has 10 heteroatoms. The summed E-state index contributed by atoms with van der Waals surface area (Å²) in [5, 5.41) is 49.3. The van der Waals surface area contributed by atoms with Crippen LogP contribution >= 0.6 is 0 Å². The van der Waals surface area contributed by atoms with Crippen LogP contribution in [0.15, 0.2) is 0 Å². The molecule has 0 spiro atoms. The topological polar surface area (TPSA) is 155 Å². The van der Waals surface area contributed by atoms with Crippen LogP contribution in [-0.4, -0.2) is 102 Å². The predicted molar refractivity (Wildman–Crippen MR) is 152 cm³/mol. The Kier molecular flexibility index (Phi) is 21.8. The van der Waals surface area contributed by atoms with Crippen LogP contribution in [0.1, 0.15) is 110 Å². The maximum Gasteiger partial charge on any atom is 0.508 e. The summed E-state index contributed by atoms with van der Waals surface area (Å²) < 4.78 is 20.9. The molecule has 238 valence electrons. The van der Waals surface area contributed by atoms with E-state index < -0.39 is 55.3 Å². The predicted octanol–water partition coefficient (Wildman–Crippen LogP) is 3.87. The second kappa shape index (κ2) is 23.5. The van der Waals surface area contributed by atoms with Gasteiger partial charge < -0.3 is 44.5 Å². The lowest BCUT2D eigenvalue weighted by Gasteiger charge is -2.42. The molecule has 0 heterocycles. The minimum atomic E-state index is -1.73. The van der Waals surface area contributed by atoms with E-state index in [1.54, 1.807) is 0 Å². The Morgan fingerprint density at radius 3 is 1.65 bits per heavy atom. The minimum absolute atomic E-state index is 0.165. The molecule has 0 radical (unpaired) electrons. The van der Waals surface area contributed by atoms with Crippen LogP contribution < -0.4 is 0 Å². The summed E-state index contributed by atoms with van der Waals surface area (Å²) >= 11 is 0. The lowest BCUT2D eigenvalue weighted by Crippen LogP contribution is -2.63. The molecule has 5 unspecified atom stereocenters. The Balaban J connectivity index is 2.01. The summed E-state index contributed by atoms with van der Waals surface area (Å²) in [5.41, 5.74) is 0. The first-order valence-corrected chi connectivity index (χ1v) is 15.6. The fraction of sp³-hybridized carbons (Fsp3) is 0.967. The molecule has 0 saturated heterocycles. The third kappa shape index (κ3) is 15.3. The first-order chi connectivity index (χ1) is 19.4. The van der Waals surface area contributed by atoms with Gasteiger partial charge in [0.2, 0.25) is 0 Å². The van der Waals surface area contributed by atoms with E-state index in [0.29, 0.717) is 6.61 Å². The number of rotatable bonds is 24. The van der Waals surface area contributed by atoms with E-state index in [0.717, 1.165) is 12.8 Å². The zero-order valence-electron chi connectivity index (χ0n) is 25.0. The summed E-state index contributed by atoms with van der Waals surface area (Å²) in [7, 11) is 1.47. The molecule has 1 aliphatic rings. The number of methoxy groups -OCH3 is 1. The van der Waals surface area contributed by atoms with E-state index >= 15 is 0 Å². The summed E-state index contributed by atoms with van der Waals surface area (Å²) in [5.74, 6) is -1.18. The van der Waals surface area contributed by atoms with Crippen LogP contribution in [0, 0.1) is 5.92 Å². The number of unbranched alkanes of at least 4 members (excludes halogenated alkanes) is 15. The van der Waals surface area contributed by atoms with Crippen LogP contribution in [0.4, 0.5) is 4.79 Å². The van der Waals surface area contributed by atoms with Crippen molar-refractivity contribution in [1.29, 1.82) is 0 Å². The number of aliphatic hydroxyl groups excluding tert-OH is 5. The molecular formula is C30H58O10. The Labute approximate surface area is 241 Å². The highest BCUT2D eigenvalue weighted by Gasteiger charge is 2.50. The highest BCUT2D eigenvalue weighted by Crippen LogP contribution is 2.28. The maximum absolute atomic E-state index is 12.1. The summed E-state index contributed by atoms with van der Waals surface area (Å²) in [6.45, 7) is 2.25. The van der Waals surface area contributed by atoms with Gasteiger partial charge in [0.25, 0.3) is 0 Å². The first kappa shape index (κ1) is 37.0. The smallest absolute Gasteiger partial charge is 0.431 e. The van der Waals surface area contributed by atoms with Crippen molar-refractivity contribution in [1.82, 2.24) is 0 Å². The Bertz CT molecular complexity index is 607. The fourth-order valence-electron chi connectivity index (χ4n) is 5.11. The highest BCUT2D eigenvalue weighted by molar-refractivity contribution is 5.60. The first-order valence-electron chi connectivity index (χ1n) is 15.6. The van der Waals surface area contributed by atoms with Crippen molar-refractivity contribution < 1.29 is 49.3 Å². The molecule has 0 bridgehead atoms. The van der Waals surface area contributed by atoms with Gasteiger partial charge in [-0.15, -0.1) is 0 Å². The van der Waals surface area contributed by atoms with Gasteiger partial charge in [-0.2, -0.15) is 0 Å². The van der Waals surface area contributed by atoms with Gasteiger partial charge in [-0.05, 0) is 6.42 Å². The van der Waals surface area contributed by atoms with Crippen molar-refractivity contribution in [2.45, 2.75) is 146 Å². The quantitative estimate of drug-likeness (QED) is 0.0842. The van der Waals surface area contributed by atoms with Gasteiger partial charge in [-0.1, -0.05) is 103 Å². The van der Waals surface area contributed by atoms with E-state index in [1.165, 1.54) is 97.0 Å². The summed E-state index contributed by atoms with van der Waals surface area (Å²) in [6.07, 6.45) is 11.1. The normalized spacial score (nSPS) is 25.6. The van der Waals surface area contributed by atoms with E-state index in [1.807, 2.05) is 0 Å². The van der Waals surface area contributed by atoms with Gasteiger partial charge in [0.1, 0.15) is 31.0 Å². The molecule has 0 aromatic heterocycles. The van der Waals surface area contributed by atoms with Crippen LogP contribution in [0.3, 0.4) is 0 Å². The molecule has 7 atom stereocenters. The number of carbonyl (C=O) groups is 1. The van der Waals surface area contributed by atoms with Crippen molar-refractivity contribution in [2.75, 3.05) is 33.5 Å². The second-order valence-electron chi connectivity index (χ2n) is 11.2. The fourth-order valence-corrected chi connectivity index (χ4v) is 5.11. The van der Waals surface area contributed by atoms with E-state index in [-0.39, 0.29) is 13.2 Å². The number of aliphatic hydroxyl groups is 5. The largest absolute Gasteiger partial charge is 0.508 e. The van der Waals surface area contributed by atoms with Crippen molar-refractivity contribution in [3.05, 3.63) is 0 Å². The number of ether oxygens (including phenoxy) is 4. The zero-order chi connectivity index (χ0) is 29.6. The molecule has 1 rings (SSSR count). The average Bonchev–Trinajstić information content (AvgIpc) is 2.95. The van der Waals surface area contributed by atoms with E-state index in [9.17, 15) is 30.3 Å². The number of hydrogen-bond acceptors (Lipinski definition) is 10. The SMILES string of the molecule is CCCCCCCCCCCCCCCCCCOC[C@H](COC(=O)OC1C(O)C(O)C(O)[C@@H](CO)C1O)OC. The zero-order valence-corrected chi connectivity index (χ0v) is 25.0. The third-order valence-electron chi connectivity index (χ3n) is 7.86. The molecule has 5 N–H and O–H groups in total. The maximum atomic E-state index is 12.1. The molecule has 1 aliphatic carbocycles. The van der Waals surface area contributed by atoms with Crippen molar-refractivity contribution >= 4 is 6.16 Å². The van der Waals surface area contributed by atoms with Crippen molar-refractivity contribution in [3.8, 4) is 0 Å². The molecule has 0 aromatic rings. The molecule has 10 nitrogen and oxygen atoms in total.